The Morgan fingerprint density at radius 1 is 1.00 bits per heavy atom. The molecule has 0 bridgehead atoms. The molecular formula is C28H21N5O4. The Bertz CT molecular complexity index is 1590. The first-order chi connectivity index (χ1) is 18.2. The zero-order chi connectivity index (χ0) is 25.5. The maximum absolute atomic E-state index is 12.8. The van der Waals surface area contributed by atoms with Gasteiger partial charge < -0.3 is 13.7 Å². The van der Waals surface area contributed by atoms with E-state index in [0.717, 1.165) is 11.0 Å². The van der Waals surface area contributed by atoms with Crippen LogP contribution in [0, 0.1) is 0 Å². The Morgan fingerprint density at radius 2 is 1.84 bits per heavy atom. The fraction of sp³-hybridized carbons (Fsp3) is 0.0357. The molecule has 2 aromatic carbocycles. The fourth-order valence-corrected chi connectivity index (χ4v) is 3.64. The van der Waals surface area contributed by atoms with Crippen molar-refractivity contribution in [3.63, 3.8) is 0 Å². The van der Waals surface area contributed by atoms with Gasteiger partial charge in [0.15, 0.2) is 5.82 Å². The van der Waals surface area contributed by atoms with Crippen molar-refractivity contribution in [3.05, 3.63) is 109 Å². The number of esters is 1. The average molecular weight is 492 g/mol. The summed E-state index contributed by atoms with van der Waals surface area (Å²) < 4.78 is 12.4. The second-order valence-corrected chi connectivity index (χ2v) is 7.83. The summed E-state index contributed by atoms with van der Waals surface area (Å²) in [6.45, 7) is -0.0159. The third-order valence-corrected chi connectivity index (χ3v) is 5.30. The van der Waals surface area contributed by atoms with Crippen LogP contribution in [0.1, 0.15) is 11.3 Å². The molecule has 5 rings (SSSR count). The van der Waals surface area contributed by atoms with Gasteiger partial charge in [0.05, 0.1) is 23.5 Å². The summed E-state index contributed by atoms with van der Waals surface area (Å²) in [6.07, 6.45) is 7.39. The average Bonchev–Trinajstić information content (AvgIpc) is 3.57. The molecule has 0 spiro atoms. The van der Waals surface area contributed by atoms with Gasteiger partial charge in [-0.2, -0.15) is 5.10 Å². The smallest absolute Gasteiger partial charge is 0.336 e. The van der Waals surface area contributed by atoms with Gasteiger partial charge in [0.1, 0.15) is 23.7 Å². The van der Waals surface area contributed by atoms with Crippen LogP contribution in [0.5, 0.6) is 5.75 Å². The molecule has 5 aromatic rings. The first-order valence-corrected chi connectivity index (χ1v) is 11.4. The van der Waals surface area contributed by atoms with Crippen molar-refractivity contribution >= 4 is 35.2 Å². The Kier molecular flexibility index (Phi) is 6.94. The molecule has 9 nitrogen and oxygen atoms in total. The summed E-state index contributed by atoms with van der Waals surface area (Å²) in [5.41, 5.74) is 5.28. The van der Waals surface area contributed by atoms with Crippen LogP contribution < -0.4 is 10.2 Å². The van der Waals surface area contributed by atoms with Crippen LogP contribution in [0.2, 0.25) is 0 Å². The lowest BCUT2D eigenvalue weighted by Gasteiger charge is -2.08. The molecule has 0 aliphatic heterocycles. The van der Waals surface area contributed by atoms with Crippen LogP contribution in [0.3, 0.4) is 0 Å². The third-order valence-electron chi connectivity index (χ3n) is 5.30. The van der Waals surface area contributed by atoms with Gasteiger partial charge in [0.25, 0.3) is 5.91 Å². The number of ether oxygens (including phenoxy) is 1. The van der Waals surface area contributed by atoms with Crippen molar-refractivity contribution in [3.8, 4) is 17.3 Å². The van der Waals surface area contributed by atoms with Gasteiger partial charge in [-0.15, -0.1) is 0 Å². The molecule has 0 saturated carbocycles. The normalized spacial score (nSPS) is 11.4. The Hall–Kier alpha value is -5.31. The molecule has 3 aromatic heterocycles. The molecule has 0 saturated heterocycles. The number of benzene rings is 2. The van der Waals surface area contributed by atoms with Gasteiger partial charge in [0.2, 0.25) is 0 Å². The highest BCUT2D eigenvalue weighted by molar-refractivity contribution is 5.91. The standard InChI is InChI=1S/C28H21N5O4/c34-26(19-33-24-12-3-2-10-22(24)31-28(33)23-11-5-6-16-29-23)32-30-18-20-8-1-4-13-25(20)37-27(35)15-14-21-9-7-17-36-21/h1-18H,19H2,(H,32,34)/b15-14+,30-18-. The van der Waals surface area contributed by atoms with E-state index in [4.69, 9.17) is 9.15 Å². The fourth-order valence-electron chi connectivity index (χ4n) is 3.64. The molecule has 9 heteroatoms. The summed E-state index contributed by atoms with van der Waals surface area (Å²) in [4.78, 5) is 34.0. The quantitative estimate of drug-likeness (QED) is 0.113. The molecule has 37 heavy (non-hydrogen) atoms. The highest BCUT2D eigenvalue weighted by atomic mass is 16.5. The van der Waals surface area contributed by atoms with Gasteiger partial charge in [-0.1, -0.05) is 30.3 Å². The van der Waals surface area contributed by atoms with Gasteiger partial charge in [-0.05, 0) is 54.6 Å². The van der Waals surface area contributed by atoms with E-state index < -0.39 is 5.97 Å². The molecule has 0 radical (unpaired) electrons. The van der Waals surface area contributed by atoms with E-state index in [1.54, 1.807) is 47.2 Å². The first kappa shape index (κ1) is 23.4. The molecule has 0 aliphatic carbocycles. The van der Waals surface area contributed by atoms with E-state index in [9.17, 15) is 9.59 Å². The Labute approximate surface area is 211 Å². The minimum atomic E-state index is -0.574. The molecule has 0 fully saturated rings. The van der Waals surface area contributed by atoms with Crippen molar-refractivity contribution < 1.29 is 18.7 Å². The number of pyridine rings is 1. The highest BCUT2D eigenvalue weighted by Gasteiger charge is 2.15. The number of nitrogens with one attached hydrogen (secondary N) is 1. The number of imidazole rings is 1. The number of hydrazone groups is 1. The molecule has 182 valence electrons. The zero-order valence-corrected chi connectivity index (χ0v) is 19.5. The first-order valence-electron chi connectivity index (χ1n) is 11.4. The van der Waals surface area contributed by atoms with Gasteiger partial charge in [-0.3, -0.25) is 9.78 Å². The number of para-hydroxylation sites is 3. The molecule has 0 atom stereocenters. The van der Waals surface area contributed by atoms with E-state index >= 15 is 0 Å². The number of fused-ring (bicyclic) bond motifs is 1. The predicted molar refractivity (Wildman–Crippen MR) is 139 cm³/mol. The Balaban J connectivity index is 1.28. The number of nitrogens with zero attached hydrogens (tertiary/aromatic N) is 4. The summed E-state index contributed by atoms with van der Waals surface area (Å²) in [7, 11) is 0. The van der Waals surface area contributed by atoms with Crippen LogP contribution in [-0.2, 0) is 16.1 Å². The van der Waals surface area contributed by atoms with Gasteiger partial charge in [-0.25, -0.2) is 15.2 Å². The van der Waals surface area contributed by atoms with E-state index in [1.807, 2.05) is 42.5 Å². The minimum Gasteiger partial charge on any atom is -0.465 e. The minimum absolute atomic E-state index is 0.0159. The van der Waals surface area contributed by atoms with Crippen LogP contribution in [-0.4, -0.2) is 32.6 Å². The second-order valence-electron chi connectivity index (χ2n) is 7.83. The van der Waals surface area contributed by atoms with Crippen molar-refractivity contribution in [2.24, 2.45) is 5.10 Å². The largest absolute Gasteiger partial charge is 0.465 e. The summed E-state index contributed by atoms with van der Waals surface area (Å²) in [5, 5.41) is 4.06. The molecular weight excluding hydrogens is 470 g/mol. The lowest BCUT2D eigenvalue weighted by atomic mass is 10.2. The number of carbonyl (C=O) groups is 2. The van der Waals surface area contributed by atoms with Crippen molar-refractivity contribution in [1.29, 1.82) is 0 Å². The van der Waals surface area contributed by atoms with Crippen molar-refractivity contribution in [2.45, 2.75) is 6.54 Å². The monoisotopic (exact) mass is 491 g/mol. The number of aromatic nitrogens is 3. The lowest BCUT2D eigenvalue weighted by molar-refractivity contribution is -0.129. The molecule has 0 aliphatic rings. The molecule has 1 N–H and O–H groups in total. The van der Waals surface area contributed by atoms with E-state index in [1.165, 1.54) is 24.6 Å². The van der Waals surface area contributed by atoms with E-state index in [-0.39, 0.29) is 12.5 Å². The Morgan fingerprint density at radius 3 is 2.68 bits per heavy atom. The van der Waals surface area contributed by atoms with E-state index in [2.05, 4.69) is 20.5 Å². The number of amides is 1. The summed E-state index contributed by atoms with van der Waals surface area (Å²) >= 11 is 0. The topological polar surface area (TPSA) is 112 Å². The summed E-state index contributed by atoms with van der Waals surface area (Å²) in [5.74, 6) is 0.488. The molecule has 0 unspecified atom stereocenters. The third kappa shape index (κ3) is 5.68. The highest BCUT2D eigenvalue weighted by Crippen LogP contribution is 2.23. The van der Waals surface area contributed by atoms with Crippen LogP contribution in [0.4, 0.5) is 0 Å². The number of carbonyl (C=O) groups excluding carboxylic acids is 2. The maximum atomic E-state index is 12.8. The number of hydrogen-bond donors (Lipinski definition) is 1. The van der Waals surface area contributed by atoms with E-state index in [0.29, 0.717) is 28.6 Å². The SMILES string of the molecule is O=C(Cn1c(-c2ccccn2)nc2ccccc21)N/N=C\c1ccccc1OC(=O)/C=C/c1ccco1. The molecule has 3 heterocycles. The maximum Gasteiger partial charge on any atom is 0.336 e. The second kappa shape index (κ2) is 11.0. The van der Waals surface area contributed by atoms with Crippen molar-refractivity contribution in [1.82, 2.24) is 20.0 Å². The van der Waals surface area contributed by atoms with Crippen LogP contribution >= 0.6 is 0 Å². The van der Waals surface area contributed by atoms with Crippen LogP contribution in [0.25, 0.3) is 28.6 Å². The van der Waals surface area contributed by atoms with Gasteiger partial charge >= 0.3 is 5.97 Å². The number of hydrogen-bond acceptors (Lipinski definition) is 7. The zero-order valence-electron chi connectivity index (χ0n) is 19.5. The number of rotatable bonds is 8. The molecule has 1 amide bonds. The van der Waals surface area contributed by atoms with Crippen LogP contribution in [0.15, 0.2) is 107 Å². The lowest BCUT2D eigenvalue weighted by Crippen LogP contribution is -2.23. The van der Waals surface area contributed by atoms with Gasteiger partial charge in [0, 0.05) is 17.8 Å². The van der Waals surface area contributed by atoms with Crippen molar-refractivity contribution in [2.75, 3.05) is 0 Å². The number of furan rings is 1. The summed E-state index contributed by atoms with van der Waals surface area (Å²) in [6, 6.07) is 23.4. The predicted octanol–water partition coefficient (Wildman–Crippen LogP) is 4.46.